The fourth-order valence-electron chi connectivity index (χ4n) is 5.99. The Balaban J connectivity index is 1.54. The molecule has 1 aromatic carbocycles. The summed E-state index contributed by atoms with van der Waals surface area (Å²) in [6.45, 7) is -0.836. The second-order valence-corrected chi connectivity index (χ2v) is 10.4. The predicted molar refractivity (Wildman–Crippen MR) is 124 cm³/mol. The average molecular weight is 577 g/mol. The van der Waals surface area contributed by atoms with Crippen molar-refractivity contribution in [3.8, 4) is 5.75 Å². The number of carbonyl (C=O) groups excluding carboxylic acids is 1. The van der Waals surface area contributed by atoms with Gasteiger partial charge in [0, 0.05) is 5.41 Å². The summed E-state index contributed by atoms with van der Waals surface area (Å²) in [7, 11) is 0. The van der Waals surface area contributed by atoms with Crippen LogP contribution in [-0.4, -0.2) is 42.2 Å². The van der Waals surface area contributed by atoms with Gasteiger partial charge in [-0.15, -0.1) is 0 Å². The van der Waals surface area contributed by atoms with E-state index in [0.717, 1.165) is 18.4 Å². The van der Waals surface area contributed by atoms with E-state index in [1.807, 2.05) is 41.2 Å². The number of hydrogen-bond donors (Lipinski definition) is 1. The van der Waals surface area contributed by atoms with Crippen LogP contribution in [0.25, 0.3) is 0 Å². The van der Waals surface area contributed by atoms with Gasteiger partial charge in [-0.3, -0.25) is 9.69 Å². The van der Waals surface area contributed by atoms with Crippen molar-refractivity contribution in [1.29, 1.82) is 0 Å². The Morgan fingerprint density at radius 1 is 1.21 bits per heavy atom. The standard InChI is InChI=1S/C23H27F3IN3O3/c24-22(25,26)13-30-19(31)23(29-20(30)28)18-10-17(32-12-14-2-1-3-14)5-4-15(18)11-21(23)8-6-16(33-27)7-9-21/h4-5,10,14,16H,1-3,6-9,11-13H2,(H2,28,29)/t16-,21-,23?. The number of benzene rings is 1. The van der Waals surface area contributed by atoms with E-state index >= 15 is 0 Å². The summed E-state index contributed by atoms with van der Waals surface area (Å²) in [5.74, 6) is 0.113. The van der Waals surface area contributed by atoms with Gasteiger partial charge in [0.1, 0.15) is 35.3 Å². The molecule has 0 bridgehead atoms. The van der Waals surface area contributed by atoms with Gasteiger partial charge in [0.2, 0.25) is 0 Å². The quantitative estimate of drug-likeness (QED) is 0.518. The van der Waals surface area contributed by atoms with E-state index in [1.165, 1.54) is 6.42 Å². The molecule has 1 heterocycles. The van der Waals surface area contributed by atoms with Crippen molar-refractivity contribution in [2.75, 3.05) is 13.2 Å². The molecule has 1 aliphatic heterocycles. The van der Waals surface area contributed by atoms with Gasteiger partial charge in [0.25, 0.3) is 5.91 Å². The number of rotatable bonds is 5. The minimum Gasteiger partial charge on any atom is -0.493 e. The number of guanidine groups is 1. The van der Waals surface area contributed by atoms with Crippen molar-refractivity contribution in [3.05, 3.63) is 29.3 Å². The van der Waals surface area contributed by atoms with Crippen molar-refractivity contribution in [2.45, 2.75) is 69.2 Å². The molecule has 0 radical (unpaired) electrons. The highest BCUT2D eigenvalue weighted by molar-refractivity contribution is 14.1. The molecule has 2 saturated carbocycles. The highest BCUT2D eigenvalue weighted by Crippen LogP contribution is 2.62. The van der Waals surface area contributed by atoms with Gasteiger partial charge in [-0.05, 0) is 74.1 Å². The molecule has 1 amide bonds. The first-order valence-corrected chi connectivity index (χ1v) is 12.3. The number of amides is 1. The molecular weight excluding hydrogens is 550 g/mol. The minimum atomic E-state index is -4.57. The highest BCUT2D eigenvalue weighted by Gasteiger charge is 2.67. The van der Waals surface area contributed by atoms with Crippen LogP contribution in [0.2, 0.25) is 0 Å². The molecular formula is C23H27F3IN3O3. The van der Waals surface area contributed by atoms with Gasteiger partial charge in [0.05, 0.1) is 12.7 Å². The zero-order valence-corrected chi connectivity index (χ0v) is 20.3. The Hall–Kier alpha value is -1.56. The number of hydrogen-bond acceptors (Lipinski definition) is 5. The number of nitrogens with two attached hydrogens (primary N) is 1. The van der Waals surface area contributed by atoms with Crippen molar-refractivity contribution >= 4 is 34.9 Å². The normalized spacial score (nSPS) is 31.8. The predicted octanol–water partition coefficient (Wildman–Crippen LogP) is 4.63. The molecule has 180 valence electrons. The molecule has 33 heavy (non-hydrogen) atoms. The monoisotopic (exact) mass is 577 g/mol. The minimum absolute atomic E-state index is 0.0578. The van der Waals surface area contributed by atoms with Crippen LogP contribution in [-0.2, 0) is 19.8 Å². The van der Waals surface area contributed by atoms with E-state index in [2.05, 4.69) is 4.99 Å². The third kappa shape index (κ3) is 3.81. The van der Waals surface area contributed by atoms with E-state index in [-0.39, 0.29) is 12.1 Å². The Bertz CT molecular complexity index is 973. The molecule has 5 rings (SSSR count). The molecule has 2 spiro atoms. The van der Waals surface area contributed by atoms with E-state index in [9.17, 15) is 18.0 Å². The average Bonchev–Trinajstić information content (AvgIpc) is 3.13. The summed E-state index contributed by atoms with van der Waals surface area (Å²) in [4.78, 5) is 19.0. The van der Waals surface area contributed by atoms with Gasteiger partial charge in [-0.2, -0.15) is 13.2 Å². The lowest BCUT2D eigenvalue weighted by atomic mass is 9.61. The lowest BCUT2D eigenvalue weighted by molar-refractivity contribution is -0.158. The van der Waals surface area contributed by atoms with E-state index in [1.54, 1.807) is 0 Å². The first kappa shape index (κ1) is 23.2. The van der Waals surface area contributed by atoms with Crippen molar-refractivity contribution < 1.29 is 25.8 Å². The molecule has 0 aromatic heterocycles. The number of alkyl halides is 3. The van der Waals surface area contributed by atoms with Gasteiger partial charge in [0.15, 0.2) is 11.5 Å². The summed E-state index contributed by atoms with van der Waals surface area (Å²) >= 11 is 1.89. The second-order valence-electron chi connectivity index (χ2n) is 9.86. The smallest absolute Gasteiger partial charge is 0.406 e. The van der Waals surface area contributed by atoms with Crippen LogP contribution in [0.15, 0.2) is 23.2 Å². The van der Waals surface area contributed by atoms with Crippen LogP contribution in [0.3, 0.4) is 0 Å². The molecule has 0 saturated heterocycles. The summed E-state index contributed by atoms with van der Waals surface area (Å²) in [5.41, 5.74) is 5.48. The summed E-state index contributed by atoms with van der Waals surface area (Å²) < 4.78 is 51.4. The maximum absolute atomic E-state index is 13.8. The molecule has 6 nitrogen and oxygen atoms in total. The lowest BCUT2D eigenvalue weighted by Crippen LogP contribution is -2.53. The number of nitrogens with zero attached hydrogens (tertiary/aromatic N) is 2. The Morgan fingerprint density at radius 2 is 1.94 bits per heavy atom. The summed E-state index contributed by atoms with van der Waals surface area (Å²) in [5, 5.41) is 0. The molecule has 10 heteroatoms. The zero-order valence-electron chi connectivity index (χ0n) is 18.2. The Morgan fingerprint density at radius 3 is 2.55 bits per heavy atom. The van der Waals surface area contributed by atoms with Crippen LogP contribution < -0.4 is 10.5 Å². The maximum atomic E-state index is 13.8. The van der Waals surface area contributed by atoms with Crippen molar-refractivity contribution in [1.82, 2.24) is 4.90 Å². The first-order valence-electron chi connectivity index (χ1n) is 11.5. The number of fused-ring (bicyclic) bond motifs is 3. The molecule has 1 unspecified atom stereocenters. The van der Waals surface area contributed by atoms with Gasteiger partial charge in [-0.1, -0.05) is 12.5 Å². The third-order valence-corrected chi connectivity index (χ3v) is 8.66. The van der Waals surface area contributed by atoms with Crippen molar-refractivity contribution in [2.24, 2.45) is 22.1 Å². The number of aliphatic imine (C=N–C) groups is 1. The topological polar surface area (TPSA) is 77.2 Å². The Labute approximate surface area is 204 Å². The second kappa shape index (κ2) is 8.28. The van der Waals surface area contributed by atoms with Crippen LogP contribution in [0.1, 0.15) is 56.1 Å². The highest BCUT2D eigenvalue weighted by atomic mass is 127. The molecule has 3 aliphatic carbocycles. The van der Waals surface area contributed by atoms with Crippen LogP contribution in [0.5, 0.6) is 5.75 Å². The molecule has 1 aromatic rings. The van der Waals surface area contributed by atoms with Gasteiger partial charge in [-0.25, -0.2) is 4.99 Å². The van der Waals surface area contributed by atoms with E-state index < -0.39 is 29.6 Å². The van der Waals surface area contributed by atoms with Crippen LogP contribution >= 0.6 is 23.0 Å². The zero-order chi connectivity index (χ0) is 23.4. The van der Waals surface area contributed by atoms with Crippen LogP contribution in [0.4, 0.5) is 13.2 Å². The molecule has 2 N–H and O–H groups in total. The number of halogens is 4. The SMILES string of the molecule is NC1=NC2(C(=O)N1CC(F)(F)F)c1cc(OCC3CCC3)ccc1C[C@]21CC[C@@H](OI)CC1. The largest absolute Gasteiger partial charge is 0.493 e. The summed E-state index contributed by atoms with van der Waals surface area (Å²) in [6.07, 6.45) is 2.22. The Kier molecular flexibility index (Phi) is 5.82. The van der Waals surface area contributed by atoms with E-state index in [4.69, 9.17) is 13.5 Å². The fourth-order valence-corrected chi connectivity index (χ4v) is 6.50. The lowest BCUT2D eigenvalue weighted by Gasteiger charge is -2.45. The third-order valence-electron chi connectivity index (χ3n) is 7.94. The molecule has 4 aliphatic rings. The molecule has 1 atom stereocenters. The van der Waals surface area contributed by atoms with Crippen LogP contribution in [0, 0.1) is 11.3 Å². The summed E-state index contributed by atoms with van der Waals surface area (Å²) in [6, 6.07) is 5.65. The van der Waals surface area contributed by atoms with Gasteiger partial charge < -0.3 is 13.5 Å². The fraction of sp³-hybridized carbons (Fsp3) is 0.652. The maximum Gasteiger partial charge on any atom is 0.406 e. The first-order chi connectivity index (χ1) is 15.7. The number of ether oxygens (including phenoxy) is 1. The molecule has 2 fully saturated rings. The van der Waals surface area contributed by atoms with E-state index in [0.29, 0.717) is 60.8 Å². The number of carbonyl (C=O) groups is 1. The van der Waals surface area contributed by atoms with Gasteiger partial charge >= 0.3 is 6.18 Å². The van der Waals surface area contributed by atoms with Crippen molar-refractivity contribution in [3.63, 3.8) is 0 Å².